The monoisotopic (exact) mass is 178 g/mol. The summed E-state index contributed by atoms with van der Waals surface area (Å²) in [6.45, 7) is 0.908. The van der Waals surface area contributed by atoms with Crippen LogP contribution >= 0.6 is 0 Å². The summed E-state index contributed by atoms with van der Waals surface area (Å²) in [6.07, 6.45) is 2.12. The van der Waals surface area contributed by atoms with Crippen LogP contribution in [0.4, 0.5) is 5.82 Å². The van der Waals surface area contributed by atoms with Crippen LogP contribution in [0.25, 0.3) is 0 Å². The Kier molecular flexibility index (Phi) is 2.20. The minimum Gasteiger partial charge on any atom is -0.422 e. The largest absolute Gasteiger partial charge is 0.508 e. The van der Waals surface area contributed by atoms with E-state index in [4.69, 9.17) is 10.0 Å². The first-order chi connectivity index (χ1) is 6.27. The molecule has 0 spiro atoms. The fourth-order valence-corrected chi connectivity index (χ4v) is 1.49. The van der Waals surface area contributed by atoms with Crippen molar-refractivity contribution in [2.45, 2.75) is 12.8 Å². The van der Waals surface area contributed by atoms with E-state index in [1.807, 2.05) is 6.07 Å². The van der Waals surface area contributed by atoms with E-state index in [1.165, 1.54) is 0 Å². The highest BCUT2D eigenvalue weighted by Crippen LogP contribution is 2.16. The molecule has 13 heavy (non-hydrogen) atoms. The number of hydrogen-bond acceptors (Lipinski definition) is 4. The van der Waals surface area contributed by atoms with Crippen LogP contribution in [0.1, 0.15) is 12.0 Å². The Hall–Kier alpha value is -1.07. The van der Waals surface area contributed by atoms with Crippen LogP contribution in [0, 0.1) is 0 Å². The molecule has 0 amide bonds. The molecule has 2 heterocycles. The summed E-state index contributed by atoms with van der Waals surface area (Å²) in [7, 11) is -1.48. The number of fused-ring (bicyclic) bond motifs is 1. The first kappa shape index (κ1) is 8.53. The fourth-order valence-electron chi connectivity index (χ4n) is 1.49. The van der Waals surface area contributed by atoms with Crippen LogP contribution in [0.3, 0.4) is 0 Å². The van der Waals surface area contributed by atoms with Crippen molar-refractivity contribution in [3.05, 3.63) is 17.7 Å². The van der Waals surface area contributed by atoms with Crippen molar-refractivity contribution < 1.29 is 10.0 Å². The van der Waals surface area contributed by atoms with E-state index in [0.29, 0.717) is 5.59 Å². The molecule has 0 aromatic carbocycles. The lowest BCUT2D eigenvalue weighted by molar-refractivity contribution is 0.424. The fraction of sp³-hybridized carbons (Fsp3) is 0.375. The molecular weight excluding hydrogens is 167 g/mol. The Morgan fingerprint density at radius 2 is 2.23 bits per heavy atom. The van der Waals surface area contributed by atoms with Crippen molar-refractivity contribution in [2.75, 3.05) is 11.9 Å². The molecule has 68 valence electrons. The van der Waals surface area contributed by atoms with Gasteiger partial charge in [0.1, 0.15) is 5.82 Å². The summed E-state index contributed by atoms with van der Waals surface area (Å²) >= 11 is 0. The highest BCUT2D eigenvalue weighted by atomic mass is 16.4. The zero-order valence-electron chi connectivity index (χ0n) is 7.20. The lowest BCUT2D eigenvalue weighted by Gasteiger charge is -2.17. The average molecular weight is 178 g/mol. The molecule has 4 nitrogen and oxygen atoms in total. The van der Waals surface area contributed by atoms with Gasteiger partial charge in [0.25, 0.3) is 0 Å². The standard InChI is InChI=1S/C8H11BN2O2/c12-9(13)7-4-3-6-2-1-5-10-8(6)11-7/h3-4,12-13H,1-2,5H2,(H,10,11). The van der Waals surface area contributed by atoms with Crippen molar-refractivity contribution >= 4 is 18.5 Å². The van der Waals surface area contributed by atoms with Crippen LogP contribution in [-0.2, 0) is 6.42 Å². The molecule has 0 fully saturated rings. The Labute approximate surface area is 76.8 Å². The van der Waals surface area contributed by atoms with Gasteiger partial charge in [0.2, 0.25) is 0 Å². The van der Waals surface area contributed by atoms with E-state index in [1.54, 1.807) is 6.07 Å². The van der Waals surface area contributed by atoms with Crippen LogP contribution in [-0.4, -0.2) is 28.7 Å². The molecule has 1 aliphatic rings. The molecule has 1 aliphatic heterocycles. The number of pyridine rings is 1. The Morgan fingerprint density at radius 3 is 3.00 bits per heavy atom. The molecule has 3 N–H and O–H groups in total. The van der Waals surface area contributed by atoms with E-state index in [0.717, 1.165) is 30.8 Å². The zero-order chi connectivity index (χ0) is 9.26. The van der Waals surface area contributed by atoms with Crippen LogP contribution < -0.4 is 10.9 Å². The summed E-state index contributed by atoms with van der Waals surface area (Å²) in [5.74, 6) is 0.789. The van der Waals surface area contributed by atoms with E-state index >= 15 is 0 Å². The van der Waals surface area contributed by atoms with Crippen LogP contribution in [0.15, 0.2) is 12.1 Å². The number of aromatic nitrogens is 1. The van der Waals surface area contributed by atoms with Gasteiger partial charge in [0.15, 0.2) is 0 Å². The number of nitrogens with one attached hydrogen (secondary N) is 1. The molecule has 0 bridgehead atoms. The van der Waals surface area contributed by atoms with Gasteiger partial charge in [-0.15, -0.1) is 0 Å². The molecule has 2 rings (SSSR count). The maximum Gasteiger partial charge on any atom is 0.508 e. The molecule has 0 unspecified atom stereocenters. The number of hydrogen-bond donors (Lipinski definition) is 3. The van der Waals surface area contributed by atoms with Crippen LogP contribution in [0.2, 0.25) is 0 Å². The molecule has 0 aliphatic carbocycles. The van der Waals surface area contributed by atoms with Gasteiger partial charge < -0.3 is 15.4 Å². The van der Waals surface area contributed by atoms with Gasteiger partial charge in [-0.25, -0.2) is 4.98 Å². The van der Waals surface area contributed by atoms with Crippen molar-refractivity contribution in [2.24, 2.45) is 0 Å². The Morgan fingerprint density at radius 1 is 1.38 bits per heavy atom. The normalized spacial score (nSPS) is 14.6. The second kappa shape index (κ2) is 3.36. The van der Waals surface area contributed by atoms with Crippen molar-refractivity contribution in [3.63, 3.8) is 0 Å². The van der Waals surface area contributed by atoms with Crippen LogP contribution in [0.5, 0.6) is 0 Å². The quantitative estimate of drug-likeness (QED) is 0.488. The number of nitrogens with zero attached hydrogens (tertiary/aromatic N) is 1. The van der Waals surface area contributed by atoms with Gasteiger partial charge in [-0.1, -0.05) is 6.07 Å². The SMILES string of the molecule is OB(O)c1ccc2c(n1)NCCC2. The second-order valence-corrected chi connectivity index (χ2v) is 3.15. The number of anilines is 1. The highest BCUT2D eigenvalue weighted by molar-refractivity contribution is 6.57. The molecule has 1 aromatic rings. The van der Waals surface area contributed by atoms with Gasteiger partial charge in [-0.05, 0) is 24.5 Å². The predicted molar refractivity (Wildman–Crippen MR) is 50.9 cm³/mol. The third-order valence-corrected chi connectivity index (χ3v) is 2.18. The summed E-state index contributed by atoms with van der Waals surface area (Å²) in [6, 6.07) is 3.54. The summed E-state index contributed by atoms with van der Waals surface area (Å²) in [4.78, 5) is 4.10. The summed E-state index contributed by atoms with van der Waals surface area (Å²) in [5, 5.41) is 20.9. The average Bonchev–Trinajstić information content (AvgIpc) is 2.17. The van der Waals surface area contributed by atoms with E-state index < -0.39 is 7.12 Å². The summed E-state index contributed by atoms with van der Waals surface area (Å²) in [5.41, 5.74) is 1.45. The predicted octanol–water partition coefficient (Wildman–Crippen LogP) is -0.881. The van der Waals surface area contributed by atoms with Gasteiger partial charge in [0, 0.05) is 6.54 Å². The topological polar surface area (TPSA) is 65.4 Å². The molecule has 5 heteroatoms. The van der Waals surface area contributed by atoms with Gasteiger partial charge in [-0.3, -0.25) is 0 Å². The minimum atomic E-state index is -1.48. The maximum atomic E-state index is 8.89. The Balaban J connectivity index is 2.35. The molecule has 0 saturated heterocycles. The third kappa shape index (κ3) is 1.66. The smallest absolute Gasteiger partial charge is 0.422 e. The van der Waals surface area contributed by atoms with E-state index in [9.17, 15) is 0 Å². The lowest BCUT2D eigenvalue weighted by atomic mass is 9.85. The zero-order valence-corrected chi connectivity index (χ0v) is 7.20. The minimum absolute atomic E-state index is 0.299. The molecule has 0 atom stereocenters. The molecular formula is C8H11BN2O2. The third-order valence-electron chi connectivity index (χ3n) is 2.18. The summed E-state index contributed by atoms with van der Waals surface area (Å²) < 4.78 is 0. The maximum absolute atomic E-state index is 8.89. The van der Waals surface area contributed by atoms with Gasteiger partial charge >= 0.3 is 7.12 Å². The lowest BCUT2D eigenvalue weighted by Crippen LogP contribution is -2.34. The second-order valence-electron chi connectivity index (χ2n) is 3.15. The highest BCUT2D eigenvalue weighted by Gasteiger charge is 2.16. The van der Waals surface area contributed by atoms with Crippen molar-refractivity contribution in [1.82, 2.24) is 4.98 Å². The number of aryl methyl sites for hydroxylation is 1. The van der Waals surface area contributed by atoms with Crippen molar-refractivity contribution in [1.29, 1.82) is 0 Å². The van der Waals surface area contributed by atoms with E-state index in [-0.39, 0.29) is 0 Å². The van der Waals surface area contributed by atoms with Gasteiger partial charge in [0.05, 0.1) is 5.59 Å². The molecule has 0 saturated carbocycles. The first-order valence-corrected chi connectivity index (χ1v) is 4.37. The number of rotatable bonds is 1. The first-order valence-electron chi connectivity index (χ1n) is 4.37. The molecule has 1 aromatic heterocycles. The molecule has 0 radical (unpaired) electrons. The Bertz CT molecular complexity index is 317. The van der Waals surface area contributed by atoms with Crippen molar-refractivity contribution in [3.8, 4) is 0 Å². The van der Waals surface area contributed by atoms with E-state index in [2.05, 4.69) is 10.3 Å². The van der Waals surface area contributed by atoms with Gasteiger partial charge in [-0.2, -0.15) is 0 Å².